The summed E-state index contributed by atoms with van der Waals surface area (Å²) in [5.74, 6) is 0. The molecule has 0 aliphatic heterocycles. The second-order valence-corrected chi connectivity index (χ2v) is 4.77. The van der Waals surface area contributed by atoms with Crippen molar-refractivity contribution in [2.24, 2.45) is 5.73 Å². The Bertz CT molecular complexity index is 488. The molecule has 0 fully saturated rings. The van der Waals surface area contributed by atoms with Crippen molar-refractivity contribution >= 4 is 21.4 Å². The van der Waals surface area contributed by atoms with E-state index < -0.39 is 0 Å². The van der Waals surface area contributed by atoms with Crippen LogP contribution in [0.15, 0.2) is 22.8 Å². The van der Waals surface area contributed by atoms with E-state index in [0.29, 0.717) is 0 Å². The van der Waals surface area contributed by atoms with Gasteiger partial charge in [-0.3, -0.25) is 0 Å². The topological polar surface area (TPSA) is 43.3 Å². The highest BCUT2D eigenvalue weighted by Crippen LogP contribution is 2.23. The summed E-state index contributed by atoms with van der Waals surface area (Å²) in [5.41, 5.74) is 9.13. The van der Waals surface area contributed by atoms with Gasteiger partial charge in [-0.05, 0) is 47.5 Å². The Hall–Kier alpha value is -0.870. The predicted octanol–water partition coefficient (Wildman–Crippen LogP) is 2.29. The molecule has 2 rings (SSSR count). The lowest BCUT2D eigenvalue weighted by Gasteiger charge is -2.00. The third-order valence-corrected chi connectivity index (χ3v) is 3.18. The van der Waals surface area contributed by atoms with Crippen LogP contribution in [0.25, 0.3) is 5.52 Å². The van der Waals surface area contributed by atoms with Gasteiger partial charge in [0.05, 0.1) is 15.7 Å². The summed E-state index contributed by atoms with van der Waals surface area (Å²) in [6, 6.07) is 4.29. The summed E-state index contributed by atoms with van der Waals surface area (Å²) in [5, 5.41) is 4.48. The Labute approximate surface area is 97.4 Å². The van der Waals surface area contributed by atoms with Gasteiger partial charge in [-0.15, -0.1) is 0 Å². The molecule has 15 heavy (non-hydrogen) atoms. The number of aryl methyl sites for hydroxylation is 1. The Morgan fingerprint density at radius 1 is 1.60 bits per heavy atom. The van der Waals surface area contributed by atoms with Crippen LogP contribution in [0.4, 0.5) is 0 Å². The van der Waals surface area contributed by atoms with E-state index in [9.17, 15) is 0 Å². The molecule has 2 N–H and O–H groups in total. The molecule has 0 aromatic carbocycles. The average Bonchev–Trinajstić information content (AvgIpc) is 2.44. The van der Waals surface area contributed by atoms with Crippen LogP contribution >= 0.6 is 15.9 Å². The summed E-state index contributed by atoms with van der Waals surface area (Å²) < 4.78 is 2.94. The highest BCUT2D eigenvalue weighted by Gasteiger charge is 2.11. The van der Waals surface area contributed by atoms with Gasteiger partial charge >= 0.3 is 0 Å². The molecule has 0 amide bonds. The van der Waals surface area contributed by atoms with Crippen molar-refractivity contribution in [1.29, 1.82) is 0 Å². The molecule has 4 heteroatoms. The van der Waals surface area contributed by atoms with Gasteiger partial charge in [0.2, 0.25) is 0 Å². The minimum Gasteiger partial charge on any atom is -0.328 e. The molecular formula is C11H14BrN3. The molecule has 1 unspecified atom stereocenters. The van der Waals surface area contributed by atoms with E-state index in [1.54, 1.807) is 0 Å². The Morgan fingerprint density at radius 2 is 2.33 bits per heavy atom. The van der Waals surface area contributed by atoms with Crippen molar-refractivity contribution in [1.82, 2.24) is 9.61 Å². The number of aromatic nitrogens is 2. The zero-order valence-electron chi connectivity index (χ0n) is 8.87. The molecule has 0 saturated carbocycles. The second-order valence-electron chi connectivity index (χ2n) is 3.98. The van der Waals surface area contributed by atoms with Gasteiger partial charge in [-0.2, -0.15) is 5.10 Å². The third-order valence-electron chi connectivity index (χ3n) is 2.31. The van der Waals surface area contributed by atoms with E-state index in [2.05, 4.69) is 34.0 Å². The normalized spacial score (nSPS) is 13.3. The minimum absolute atomic E-state index is 0.132. The van der Waals surface area contributed by atoms with Crippen molar-refractivity contribution < 1.29 is 0 Å². The van der Waals surface area contributed by atoms with Crippen LogP contribution in [0, 0.1) is 6.92 Å². The number of halogens is 1. The smallest absolute Gasteiger partial charge is 0.0809 e. The Morgan fingerprint density at radius 3 is 3.00 bits per heavy atom. The molecule has 1 atom stereocenters. The first-order chi connectivity index (χ1) is 7.08. The maximum Gasteiger partial charge on any atom is 0.0809 e. The van der Waals surface area contributed by atoms with Crippen molar-refractivity contribution in [3.8, 4) is 0 Å². The molecule has 0 saturated heterocycles. The van der Waals surface area contributed by atoms with Crippen LogP contribution in [0.1, 0.15) is 18.2 Å². The standard InChI is InChI=1S/C11H14BrN3/c1-7-3-4-15-10(5-7)11(12)9(14-15)6-8(2)13/h3-5,8H,6,13H2,1-2H3. The molecule has 0 aliphatic carbocycles. The van der Waals surface area contributed by atoms with Gasteiger partial charge < -0.3 is 5.73 Å². The average molecular weight is 268 g/mol. The SMILES string of the molecule is Cc1ccn2nc(CC(C)N)c(Br)c2c1. The number of fused-ring (bicyclic) bond motifs is 1. The second kappa shape index (κ2) is 3.94. The van der Waals surface area contributed by atoms with Gasteiger partial charge in [0.25, 0.3) is 0 Å². The molecular weight excluding hydrogens is 254 g/mol. The fourth-order valence-electron chi connectivity index (χ4n) is 1.61. The number of nitrogens with zero attached hydrogens (tertiary/aromatic N) is 2. The van der Waals surface area contributed by atoms with Gasteiger partial charge in [0.15, 0.2) is 0 Å². The molecule has 3 nitrogen and oxygen atoms in total. The minimum atomic E-state index is 0.132. The molecule has 2 heterocycles. The predicted molar refractivity (Wildman–Crippen MR) is 65.0 cm³/mol. The third kappa shape index (κ3) is 2.06. The maximum atomic E-state index is 5.77. The zero-order chi connectivity index (χ0) is 11.0. The van der Waals surface area contributed by atoms with Crippen LogP contribution in [-0.4, -0.2) is 15.7 Å². The molecule has 2 aromatic heterocycles. The van der Waals surface area contributed by atoms with Gasteiger partial charge in [-0.1, -0.05) is 0 Å². The summed E-state index contributed by atoms with van der Waals surface area (Å²) >= 11 is 3.58. The van der Waals surface area contributed by atoms with Crippen molar-refractivity contribution in [2.45, 2.75) is 26.3 Å². The van der Waals surface area contributed by atoms with Gasteiger partial charge in [0.1, 0.15) is 0 Å². The van der Waals surface area contributed by atoms with E-state index in [4.69, 9.17) is 5.73 Å². The maximum absolute atomic E-state index is 5.77. The Kier molecular flexibility index (Phi) is 2.80. The number of hydrogen-bond donors (Lipinski definition) is 1. The molecule has 0 bridgehead atoms. The van der Waals surface area contributed by atoms with Gasteiger partial charge in [-0.25, -0.2) is 4.52 Å². The number of pyridine rings is 1. The summed E-state index contributed by atoms with van der Waals surface area (Å²) in [4.78, 5) is 0. The number of rotatable bonds is 2. The lowest BCUT2D eigenvalue weighted by molar-refractivity contribution is 0.711. The fourth-order valence-corrected chi connectivity index (χ4v) is 2.14. The first kappa shape index (κ1) is 10.6. The first-order valence-electron chi connectivity index (χ1n) is 4.97. The quantitative estimate of drug-likeness (QED) is 0.908. The highest BCUT2D eigenvalue weighted by atomic mass is 79.9. The summed E-state index contributed by atoms with van der Waals surface area (Å²) in [6.45, 7) is 4.06. The van der Waals surface area contributed by atoms with Crippen LogP contribution in [0.5, 0.6) is 0 Å². The molecule has 2 aromatic rings. The lowest BCUT2D eigenvalue weighted by atomic mass is 10.2. The van der Waals surface area contributed by atoms with Crippen molar-refractivity contribution in [2.75, 3.05) is 0 Å². The number of hydrogen-bond acceptors (Lipinski definition) is 2. The van der Waals surface area contributed by atoms with Crippen LogP contribution in [-0.2, 0) is 6.42 Å². The largest absolute Gasteiger partial charge is 0.328 e. The van der Waals surface area contributed by atoms with E-state index in [-0.39, 0.29) is 6.04 Å². The van der Waals surface area contributed by atoms with Crippen molar-refractivity contribution in [3.63, 3.8) is 0 Å². The molecule has 0 spiro atoms. The first-order valence-corrected chi connectivity index (χ1v) is 5.76. The van der Waals surface area contributed by atoms with E-state index >= 15 is 0 Å². The highest BCUT2D eigenvalue weighted by molar-refractivity contribution is 9.10. The molecule has 0 radical (unpaired) electrons. The monoisotopic (exact) mass is 267 g/mol. The molecule has 80 valence electrons. The van der Waals surface area contributed by atoms with Crippen LogP contribution in [0.2, 0.25) is 0 Å². The lowest BCUT2D eigenvalue weighted by Crippen LogP contribution is -2.18. The van der Waals surface area contributed by atoms with Crippen molar-refractivity contribution in [3.05, 3.63) is 34.1 Å². The summed E-state index contributed by atoms with van der Waals surface area (Å²) in [6.07, 6.45) is 2.77. The van der Waals surface area contributed by atoms with Crippen LogP contribution < -0.4 is 5.73 Å². The zero-order valence-corrected chi connectivity index (χ0v) is 10.5. The summed E-state index contributed by atoms with van der Waals surface area (Å²) in [7, 11) is 0. The van der Waals surface area contributed by atoms with E-state index in [1.807, 2.05) is 23.7 Å². The van der Waals surface area contributed by atoms with Crippen LogP contribution in [0.3, 0.4) is 0 Å². The fraction of sp³-hybridized carbons (Fsp3) is 0.364. The van der Waals surface area contributed by atoms with E-state index in [0.717, 1.165) is 22.1 Å². The van der Waals surface area contributed by atoms with Gasteiger partial charge in [0, 0.05) is 18.7 Å². The number of nitrogens with two attached hydrogens (primary N) is 1. The molecule has 0 aliphatic rings. The van der Waals surface area contributed by atoms with E-state index in [1.165, 1.54) is 5.56 Å². The Balaban J connectivity index is 2.54.